The van der Waals surface area contributed by atoms with E-state index in [0.717, 1.165) is 40.8 Å². The van der Waals surface area contributed by atoms with Crippen LogP contribution in [0, 0.1) is 5.92 Å². The zero-order valence-corrected chi connectivity index (χ0v) is 19.2. The van der Waals surface area contributed by atoms with Gasteiger partial charge in [-0.25, -0.2) is 0 Å². The predicted octanol–water partition coefficient (Wildman–Crippen LogP) is 2.64. The lowest BCUT2D eigenvalue weighted by Crippen LogP contribution is -2.68. The molecule has 1 atom stereocenters. The van der Waals surface area contributed by atoms with Gasteiger partial charge in [0.05, 0.1) is 25.2 Å². The molecule has 8 nitrogen and oxygen atoms in total. The van der Waals surface area contributed by atoms with Crippen LogP contribution < -0.4 is 4.74 Å². The number of nitrogens with zero attached hydrogens (tertiary/aromatic N) is 3. The number of fused-ring (bicyclic) bond motifs is 4. The van der Waals surface area contributed by atoms with Crippen LogP contribution in [0.15, 0.2) is 42.7 Å². The van der Waals surface area contributed by atoms with E-state index >= 15 is 0 Å². The molecular weight excluding hydrogens is 432 g/mol. The van der Waals surface area contributed by atoms with Gasteiger partial charge in [-0.1, -0.05) is 0 Å². The van der Waals surface area contributed by atoms with Crippen molar-refractivity contribution in [2.24, 2.45) is 5.92 Å². The molecule has 2 aromatic heterocycles. The average Bonchev–Trinajstić information content (AvgIpc) is 3.57. The average molecular weight is 461 g/mol. The quantitative estimate of drug-likeness (QED) is 0.610. The van der Waals surface area contributed by atoms with Crippen molar-refractivity contribution in [2.45, 2.75) is 30.7 Å². The number of carbonyl (C=O) groups excluding carboxylic acids is 2. The Morgan fingerprint density at radius 1 is 1.18 bits per heavy atom. The van der Waals surface area contributed by atoms with E-state index in [0.29, 0.717) is 37.5 Å². The number of pyridine rings is 1. The Bertz CT molecular complexity index is 1260. The highest BCUT2D eigenvalue weighted by atomic mass is 16.5. The first-order valence-electron chi connectivity index (χ1n) is 11.8. The van der Waals surface area contributed by atoms with E-state index in [1.807, 2.05) is 23.1 Å². The van der Waals surface area contributed by atoms with Crippen molar-refractivity contribution in [1.82, 2.24) is 19.8 Å². The van der Waals surface area contributed by atoms with Crippen molar-refractivity contribution < 1.29 is 19.4 Å². The fraction of sp³-hybridized carbons (Fsp3) is 0.423. The van der Waals surface area contributed by atoms with Gasteiger partial charge in [0.2, 0.25) is 5.91 Å². The topological polar surface area (TPSA) is 98.8 Å². The number of benzene rings is 1. The molecule has 34 heavy (non-hydrogen) atoms. The summed E-state index contributed by atoms with van der Waals surface area (Å²) in [7, 11) is 1.63. The Morgan fingerprint density at radius 3 is 2.62 bits per heavy atom. The van der Waals surface area contributed by atoms with E-state index in [9.17, 15) is 14.7 Å². The number of hydrogen-bond donors (Lipinski definition) is 2. The summed E-state index contributed by atoms with van der Waals surface area (Å²) in [4.78, 5) is 37.6. The zero-order valence-electron chi connectivity index (χ0n) is 19.2. The highest BCUT2D eigenvalue weighted by Gasteiger charge is 2.55. The first-order valence-corrected chi connectivity index (χ1v) is 11.8. The van der Waals surface area contributed by atoms with E-state index < -0.39 is 6.04 Å². The van der Waals surface area contributed by atoms with E-state index in [1.165, 1.54) is 0 Å². The second-order valence-corrected chi connectivity index (χ2v) is 9.87. The van der Waals surface area contributed by atoms with E-state index in [-0.39, 0.29) is 23.8 Å². The maximum atomic E-state index is 13.6. The Balaban J connectivity index is 1.43. The third kappa shape index (κ3) is 3.27. The molecule has 4 heterocycles. The number of likely N-dealkylation sites (tertiary alicyclic amines) is 1. The van der Waals surface area contributed by atoms with Gasteiger partial charge in [-0.15, -0.1) is 0 Å². The molecule has 2 amide bonds. The standard InChI is InChI=1S/C26H28N4O4/c1-34-18-4-5-19-20(11-18)28-24-21(12-31)30(25(33)17-6-8-27-9-7-17)15-26(23(19)24)13-29(14-26)22(32)10-16-2-3-16/h4-9,11,16,21,28,31H,2-3,10,12-15H2,1H3/t21-/m0/s1. The number of amides is 2. The molecule has 1 spiro atoms. The molecule has 1 aliphatic carbocycles. The number of nitrogens with one attached hydrogen (secondary N) is 1. The van der Waals surface area contributed by atoms with Gasteiger partial charge in [0.25, 0.3) is 5.91 Å². The molecule has 3 aromatic rings. The zero-order chi connectivity index (χ0) is 23.4. The van der Waals surface area contributed by atoms with E-state index in [1.54, 1.807) is 36.5 Å². The fourth-order valence-corrected chi connectivity index (χ4v) is 5.70. The summed E-state index contributed by atoms with van der Waals surface area (Å²) in [6.07, 6.45) is 6.11. The summed E-state index contributed by atoms with van der Waals surface area (Å²) in [5.41, 5.74) is 3.01. The third-order valence-corrected chi connectivity index (χ3v) is 7.61. The summed E-state index contributed by atoms with van der Waals surface area (Å²) in [5, 5.41) is 11.5. The van der Waals surface area contributed by atoms with Crippen LogP contribution >= 0.6 is 0 Å². The molecule has 0 radical (unpaired) electrons. The Hall–Kier alpha value is -3.39. The highest BCUT2D eigenvalue weighted by molar-refractivity contribution is 5.96. The van der Waals surface area contributed by atoms with Gasteiger partial charge in [0.1, 0.15) is 5.75 Å². The monoisotopic (exact) mass is 460 g/mol. The first-order chi connectivity index (χ1) is 16.5. The van der Waals surface area contributed by atoms with Gasteiger partial charge in [0.15, 0.2) is 0 Å². The number of ether oxygens (including phenoxy) is 1. The number of H-pyrrole nitrogens is 1. The molecule has 6 rings (SSSR count). The second kappa shape index (κ2) is 7.84. The Kier molecular flexibility index (Phi) is 4.88. The van der Waals surface area contributed by atoms with Gasteiger partial charge in [-0.05, 0) is 48.6 Å². The summed E-state index contributed by atoms with van der Waals surface area (Å²) in [6.45, 7) is 1.39. The lowest BCUT2D eigenvalue weighted by Gasteiger charge is -2.56. The smallest absolute Gasteiger partial charge is 0.254 e. The van der Waals surface area contributed by atoms with Crippen molar-refractivity contribution >= 4 is 22.7 Å². The summed E-state index contributed by atoms with van der Waals surface area (Å²) < 4.78 is 5.42. The molecule has 2 N–H and O–H groups in total. The fourth-order valence-electron chi connectivity index (χ4n) is 5.70. The number of aromatic amines is 1. The van der Waals surface area contributed by atoms with Crippen molar-refractivity contribution in [3.63, 3.8) is 0 Å². The normalized spacial score (nSPS) is 20.8. The van der Waals surface area contributed by atoms with Gasteiger partial charge in [-0.3, -0.25) is 14.6 Å². The van der Waals surface area contributed by atoms with Gasteiger partial charge < -0.3 is 24.6 Å². The van der Waals surface area contributed by atoms with Crippen LogP contribution in [0.1, 0.15) is 46.9 Å². The molecule has 0 bridgehead atoms. The summed E-state index contributed by atoms with van der Waals surface area (Å²) >= 11 is 0. The van der Waals surface area contributed by atoms with Gasteiger partial charge in [0, 0.05) is 66.7 Å². The van der Waals surface area contributed by atoms with Crippen molar-refractivity contribution in [2.75, 3.05) is 33.4 Å². The molecular formula is C26H28N4O4. The van der Waals surface area contributed by atoms with Crippen LogP contribution in [0.4, 0.5) is 0 Å². The Labute approximate surface area is 197 Å². The number of aliphatic hydroxyl groups is 1. The minimum Gasteiger partial charge on any atom is -0.497 e. The van der Waals surface area contributed by atoms with Crippen LogP contribution in [0.5, 0.6) is 5.75 Å². The predicted molar refractivity (Wildman–Crippen MR) is 126 cm³/mol. The molecule has 1 saturated heterocycles. The van der Waals surface area contributed by atoms with Gasteiger partial charge >= 0.3 is 0 Å². The van der Waals surface area contributed by atoms with Crippen LogP contribution in [-0.4, -0.2) is 70.0 Å². The third-order valence-electron chi connectivity index (χ3n) is 7.61. The largest absolute Gasteiger partial charge is 0.497 e. The number of aromatic nitrogens is 2. The Morgan fingerprint density at radius 2 is 1.94 bits per heavy atom. The number of aliphatic hydroxyl groups excluding tert-OH is 1. The van der Waals surface area contributed by atoms with E-state index in [2.05, 4.69) is 9.97 Å². The van der Waals surface area contributed by atoms with Crippen molar-refractivity contribution in [1.29, 1.82) is 0 Å². The van der Waals surface area contributed by atoms with Crippen LogP contribution in [0.3, 0.4) is 0 Å². The van der Waals surface area contributed by atoms with Crippen molar-refractivity contribution in [3.05, 3.63) is 59.5 Å². The van der Waals surface area contributed by atoms with Crippen LogP contribution in [-0.2, 0) is 10.2 Å². The minimum absolute atomic E-state index is 0.148. The SMILES string of the molecule is COc1ccc2c3c([nH]c2c1)[C@H](CO)N(C(=O)c1ccncc1)CC31CN(C(=O)CC2CC2)C1. The van der Waals surface area contributed by atoms with E-state index in [4.69, 9.17) is 4.74 Å². The molecule has 8 heteroatoms. The minimum atomic E-state index is -0.504. The summed E-state index contributed by atoms with van der Waals surface area (Å²) in [5.74, 6) is 1.33. The molecule has 3 aliphatic rings. The number of methoxy groups -OCH3 is 1. The maximum absolute atomic E-state index is 13.6. The molecule has 2 fully saturated rings. The van der Waals surface area contributed by atoms with Crippen LogP contribution in [0.25, 0.3) is 10.9 Å². The summed E-state index contributed by atoms with van der Waals surface area (Å²) in [6, 6.07) is 8.80. The number of rotatable bonds is 5. The number of hydrogen-bond acceptors (Lipinski definition) is 5. The molecule has 1 aromatic carbocycles. The molecule has 2 aliphatic heterocycles. The molecule has 1 saturated carbocycles. The lowest BCUT2D eigenvalue weighted by molar-refractivity contribution is -0.140. The van der Waals surface area contributed by atoms with Crippen molar-refractivity contribution in [3.8, 4) is 5.75 Å². The maximum Gasteiger partial charge on any atom is 0.254 e. The molecule has 0 unspecified atom stereocenters. The second-order valence-electron chi connectivity index (χ2n) is 9.87. The first kappa shape index (κ1) is 21.2. The van der Waals surface area contributed by atoms with Gasteiger partial charge in [-0.2, -0.15) is 0 Å². The lowest BCUT2D eigenvalue weighted by atomic mass is 9.68. The van der Waals surface area contributed by atoms with Crippen LogP contribution in [0.2, 0.25) is 0 Å². The molecule has 176 valence electrons. The number of carbonyl (C=O) groups is 2. The highest BCUT2D eigenvalue weighted by Crippen LogP contribution is 2.49.